The molecule has 0 bridgehead atoms. The summed E-state index contributed by atoms with van der Waals surface area (Å²) in [4.78, 5) is 16.4. The Balaban J connectivity index is 2.40. The van der Waals surface area contributed by atoms with E-state index in [1.165, 1.54) is 30.1 Å². The molecule has 0 radical (unpaired) electrons. The monoisotopic (exact) mass is 463 g/mol. The Bertz CT molecular complexity index is 880. The van der Waals surface area contributed by atoms with Gasteiger partial charge in [-0.3, -0.25) is 9.80 Å². The second kappa shape index (κ2) is 9.41. The Labute approximate surface area is 183 Å². The van der Waals surface area contributed by atoms with Crippen LogP contribution >= 0.6 is 23.2 Å². The zero-order valence-electron chi connectivity index (χ0n) is 16.8. The number of nitrogens with zero attached hydrogens (tertiary/aromatic N) is 2. The number of halogens is 5. The predicted octanol–water partition coefficient (Wildman–Crippen LogP) is 5.40. The lowest BCUT2D eigenvalue weighted by atomic mass is 9.86. The number of allylic oxidation sites excluding steroid dienone is 3. The molecular formula is C20H22Cl2F3N3O2. The lowest BCUT2D eigenvalue weighted by molar-refractivity contribution is -0.275. The van der Waals surface area contributed by atoms with Crippen LogP contribution in [-0.4, -0.2) is 35.9 Å². The lowest BCUT2D eigenvalue weighted by Crippen LogP contribution is -2.43. The van der Waals surface area contributed by atoms with Gasteiger partial charge in [0.15, 0.2) is 0 Å². The number of carbonyl (C=O) groups is 1. The van der Waals surface area contributed by atoms with Gasteiger partial charge < -0.3 is 4.84 Å². The Morgan fingerprint density at radius 3 is 2.43 bits per heavy atom. The van der Waals surface area contributed by atoms with Crippen molar-refractivity contribution in [3.63, 3.8) is 0 Å². The third-order valence-electron chi connectivity index (χ3n) is 4.49. The molecule has 10 heteroatoms. The fourth-order valence-electron chi connectivity index (χ4n) is 2.98. The van der Waals surface area contributed by atoms with E-state index >= 15 is 0 Å². The predicted molar refractivity (Wildman–Crippen MR) is 111 cm³/mol. The molecule has 2 unspecified atom stereocenters. The van der Waals surface area contributed by atoms with Crippen LogP contribution in [0.1, 0.15) is 32.8 Å². The number of alkyl halides is 3. The van der Waals surface area contributed by atoms with Crippen molar-refractivity contribution in [3.05, 3.63) is 57.6 Å². The molecule has 1 amide bonds. The second-order valence-electron chi connectivity index (χ2n) is 6.91. The smallest absolute Gasteiger partial charge is 0.374 e. The first-order valence-electron chi connectivity index (χ1n) is 9.03. The molecule has 0 aromatic heterocycles. The highest BCUT2D eigenvalue weighted by atomic mass is 35.5. The number of nitrogens with one attached hydrogen (secondary N) is 1. The molecule has 30 heavy (non-hydrogen) atoms. The summed E-state index contributed by atoms with van der Waals surface area (Å²) in [7, 11) is 1.55. The molecular weight excluding hydrogens is 442 g/mol. The number of hydrogen-bond donors (Lipinski definition) is 1. The molecule has 1 aliphatic rings. The summed E-state index contributed by atoms with van der Waals surface area (Å²) in [6, 6.07) is 3.32. The Morgan fingerprint density at radius 1 is 1.33 bits per heavy atom. The van der Waals surface area contributed by atoms with Gasteiger partial charge in [0.2, 0.25) is 5.91 Å². The number of benzene rings is 1. The van der Waals surface area contributed by atoms with E-state index in [9.17, 15) is 18.0 Å². The summed E-state index contributed by atoms with van der Waals surface area (Å²) in [5.74, 6) is -0.210. The van der Waals surface area contributed by atoms with Crippen molar-refractivity contribution in [1.82, 2.24) is 10.4 Å². The molecule has 2 atom stereocenters. The molecule has 5 nitrogen and oxygen atoms in total. The summed E-state index contributed by atoms with van der Waals surface area (Å²) in [6.07, 6.45) is -0.352. The van der Waals surface area contributed by atoms with E-state index in [4.69, 9.17) is 28.0 Å². The maximum atomic E-state index is 14.1. The maximum Gasteiger partial charge on any atom is 0.435 e. The fourth-order valence-corrected chi connectivity index (χ4v) is 3.50. The SMILES string of the molecule is C/C=C\C(=C/C(C)NN(C)C(C)=O)C1=NOC(c2cc(Cl)cc(Cl)c2)(C(F)(F)F)C1. The molecule has 0 spiro atoms. The van der Waals surface area contributed by atoms with Crippen LogP contribution in [0.25, 0.3) is 0 Å². The highest BCUT2D eigenvalue weighted by Gasteiger charge is 2.62. The third kappa shape index (κ3) is 5.36. The van der Waals surface area contributed by atoms with Crippen molar-refractivity contribution in [1.29, 1.82) is 0 Å². The molecule has 0 fully saturated rings. The number of hydrazine groups is 1. The first-order chi connectivity index (χ1) is 13.9. The number of amides is 1. The van der Waals surface area contributed by atoms with Crippen LogP contribution in [0.2, 0.25) is 10.0 Å². The van der Waals surface area contributed by atoms with E-state index in [1.807, 2.05) is 0 Å². The molecule has 0 saturated heterocycles. The molecule has 1 aliphatic heterocycles. The topological polar surface area (TPSA) is 53.9 Å². The first-order valence-corrected chi connectivity index (χ1v) is 9.79. The van der Waals surface area contributed by atoms with Crippen LogP contribution in [0.5, 0.6) is 0 Å². The third-order valence-corrected chi connectivity index (χ3v) is 4.93. The second-order valence-corrected chi connectivity index (χ2v) is 7.78. The summed E-state index contributed by atoms with van der Waals surface area (Å²) < 4.78 is 42.4. The van der Waals surface area contributed by atoms with Gasteiger partial charge in [-0.1, -0.05) is 46.6 Å². The Hall–Kier alpha value is -2.03. The Kier molecular flexibility index (Phi) is 7.60. The molecule has 2 rings (SSSR count). The molecule has 1 heterocycles. The van der Waals surface area contributed by atoms with Gasteiger partial charge >= 0.3 is 6.18 Å². The summed E-state index contributed by atoms with van der Waals surface area (Å²) in [6.45, 7) is 4.88. The van der Waals surface area contributed by atoms with Crippen LogP contribution < -0.4 is 5.43 Å². The van der Waals surface area contributed by atoms with E-state index in [-0.39, 0.29) is 33.3 Å². The molecule has 0 saturated carbocycles. The molecule has 1 aromatic carbocycles. The maximum absolute atomic E-state index is 14.1. The van der Waals surface area contributed by atoms with Crippen LogP contribution in [0.3, 0.4) is 0 Å². The molecule has 164 valence electrons. The van der Waals surface area contributed by atoms with Gasteiger partial charge in [0.1, 0.15) is 0 Å². The largest absolute Gasteiger partial charge is 0.435 e. The number of rotatable bonds is 6. The average Bonchev–Trinajstić information content (AvgIpc) is 3.07. The minimum Gasteiger partial charge on any atom is -0.374 e. The van der Waals surface area contributed by atoms with Gasteiger partial charge in [-0.15, -0.1) is 0 Å². The van der Waals surface area contributed by atoms with Gasteiger partial charge in [0.25, 0.3) is 5.60 Å². The average molecular weight is 464 g/mol. The molecule has 1 aromatic rings. The standard InChI is InChI=1S/C20H22Cl2F3N3O2/c1-5-6-14(7-12(2)26-28(4)13(3)29)18-11-19(30-27-18,20(23,24)25)15-8-16(21)10-17(22)9-15/h5-10,12,26H,11H2,1-4H3/b6-5-,14-7+. The van der Waals surface area contributed by atoms with Crippen LogP contribution in [-0.2, 0) is 15.2 Å². The quantitative estimate of drug-likeness (QED) is 0.453. The van der Waals surface area contributed by atoms with Crippen LogP contribution in [0.15, 0.2) is 47.2 Å². The number of oxime groups is 1. The zero-order chi connectivity index (χ0) is 22.7. The van der Waals surface area contributed by atoms with Crippen molar-refractivity contribution in [2.45, 2.75) is 45.0 Å². The van der Waals surface area contributed by atoms with Gasteiger partial charge in [-0.25, -0.2) is 5.43 Å². The summed E-state index contributed by atoms with van der Waals surface area (Å²) in [5.41, 5.74) is 0.528. The van der Waals surface area contributed by atoms with E-state index < -0.39 is 18.2 Å². The van der Waals surface area contributed by atoms with E-state index in [2.05, 4.69) is 10.6 Å². The minimum absolute atomic E-state index is 0.0625. The minimum atomic E-state index is -4.77. The van der Waals surface area contributed by atoms with E-state index in [0.29, 0.717) is 5.57 Å². The van der Waals surface area contributed by atoms with Gasteiger partial charge in [0, 0.05) is 42.0 Å². The van der Waals surface area contributed by atoms with Crippen molar-refractivity contribution in [2.75, 3.05) is 7.05 Å². The Morgan fingerprint density at radius 2 is 1.93 bits per heavy atom. The van der Waals surface area contributed by atoms with Crippen LogP contribution in [0, 0.1) is 0 Å². The van der Waals surface area contributed by atoms with Crippen molar-refractivity contribution in [2.24, 2.45) is 5.16 Å². The van der Waals surface area contributed by atoms with Gasteiger partial charge in [-0.05, 0) is 37.6 Å². The number of hydrogen-bond acceptors (Lipinski definition) is 4. The zero-order valence-corrected chi connectivity index (χ0v) is 18.4. The van der Waals surface area contributed by atoms with Crippen molar-refractivity contribution < 1.29 is 22.8 Å². The molecule has 0 aliphatic carbocycles. The van der Waals surface area contributed by atoms with Gasteiger partial charge in [0.05, 0.1) is 5.71 Å². The highest BCUT2D eigenvalue weighted by molar-refractivity contribution is 6.34. The number of carbonyl (C=O) groups excluding carboxylic acids is 1. The first kappa shape index (κ1) is 24.2. The highest BCUT2D eigenvalue weighted by Crippen LogP contribution is 2.49. The van der Waals surface area contributed by atoms with Crippen LogP contribution in [0.4, 0.5) is 13.2 Å². The summed E-state index contributed by atoms with van der Waals surface area (Å²) in [5, 5.41) is 5.17. The van der Waals surface area contributed by atoms with Crippen molar-refractivity contribution in [3.8, 4) is 0 Å². The summed E-state index contributed by atoms with van der Waals surface area (Å²) >= 11 is 11.8. The fraction of sp³-hybridized carbons (Fsp3) is 0.400. The van der Waals surface area contributed by atoms with E-state index in [1.54, 1.807) is 39.1 Å². The van der Waals surface area contributed by atoms with Gasteiger partial charge in [-0.2, -0.15) is 13.2 Å². The van der Waals surface area contributed by atoms with E-state index in [0.717, 1.165) is 0 Å². The molecule has 1 N–H and O–H groups in total. The lowest BCUT2D eigenvalue weighted by Gasteiger charge is -2.29. The van der Waals surface area contributed by atoms with Crippen molar-refractivity contribution >= 4 is 34.8 Å². The normalized spacial score (nSPS) is 20.8.